The van der Waals surface area contributed by atoms with Crippen molar-refractivity contribution >= 4 is 17.7 Å². The van der Waals surface area contributed by atoms with Crippen LogP contribution in [0.15, 0.2) is 46.3 Å². The van der Waals surface area contributed by atoms with Crippen molar-refractivity contribution in [1.82, 2.24) is 15.3 Å². The van der Waals surface area contributed by atoms with E-state index in [1.54, 1.807) is 6.92 Å². The van der Waals surface area contributed by atoms with Crippen molar-refractivity contribution in [2.24, 2.45) is 0 Å². The summed E-state index contributed by atoms with van der Waals surface area (Å²) in [7, 11) is 1.44. The van der Waals surface area contributed by atoms with Crippen LogP contribution in [0.1, 0.15) is 12.5 Å². The normalized spacial score (nSPS) is 11.7. The fourth-order valence-corrected chi connectivity index (χ4v) is 2.55. The van der Waals surface area contributed by atoms with Gasteiger partial charge in [0.1, 0.15) is 0 Å². The molecule has 0 spiro atoms. The van der Waals surface area contributed by atoms with Crippen LogP contribution in [-0.2, 0) is 11.3 Å². The lowest BCUT2D eigenvalue weighted by atomic mass is 10.2. The quantitative estimate of drug-likeness (QED) is 0.624. The second kappa shape index (κ2) is 7.65. The minimum Gasteiger partial charge on any atom is -0.481 e. The highest BCUT2D eigenvalue weighted by molar-refractivity contribution is 8.00. The molecule has 116 valence electrons. The first-order valence-corrected chi connectivity index (χ1v) is 7.60. The first-order valence-electron chi connectivity index (χ1n) is 6.72. The van der Waals surface area contributed by atoms with Crippen LogP contribution >= 0.6 is 11.8 Å². The van der Waals surface area contributed by atoms with Crippen molar-refractivity contribution in [2.75, 3.05) is 7.11 Å². The molecule has 0 aliphatic carbocycles. The molecule has 0 unspecified atom stereocenters. The van der Waals surface area contributed by atoms with E-state index >= 15 is 0 Å². The summed E-state index contributed by atoms with van der Waals surface area (Å²) in [5, 5.41) is 2.81. The van der Waals surface area contributed by atoms with Crippen molar-refractivity contribution in [2.45, 2.75) is 23.9 Å². The second-order valence-corrected chi connectivity index (χ2v) is 5.89. The molecule has 2 N–H and O–H groups in total. The molecule has 1 heterocycles. The molecule has 0 bridgehead atoms. The molecule has 0 aliphatic heterocycles. The van der Waals surface area contributed by atoms with Crippen molar-refractivity contribution in [1.29, 1.82) is 0 Å². The second-order valence-electron chi connectivity index (χ2n) is 4.56. The summed E-state index contributed by atoms with van der Waals surface area (Å²) in [6.07, 6.45) is 0. The number of amides is 1. The summed E-state index contributed by atoms with van der Waals surface area (Å²) in [4.78, 5) is 30.2. The molecule has 2 aromatic rings. The Labute approximate surface area is 132 Å². The van der Waals surface area contributed by atoms with E-state index in [4.69, 9.17) is 4.74 Å². The fourth-order valence-electron chi connectivity index (χ4n) is 1.72. The molecular weight excluding hydrogens is 302 g/mol. The van der Waals surface area contributed by atoms with Gasteiger partial charge in [-0.2, -0.15) is 4.98 Å². The van der Waals surface area contributed by atoms with E-state index in [2.05, 4.69) is 15.3 Å². The van der Waals surface area contributed by atoms with E-state index in [0.717, 1.165) is 5.56 Å². The fraction of sp³-hybridized carbons (Fsp3) is 0.267. The van der Waals surface area contributed by atoms with Gasteiger partial charge in [-0.15, -0.1) is 0 Å². The molecule has 1 aromatic carbocycles. The van der Waals surface area contributed by atoms with Gasteiger partial charge in [-0.05, 0) is 12.5 Å². The summed E-state index contributed by atoms with van der Waals surface area (Å²) in [6, 6.07) is 10.9. The Morgan fingerprint density at radius 2 is 2.14 bits per heavy atom. The molecular formula is C15H17N3O3S. The molecule has 22 heavy (non-hydrogen) atoms. The number of carbonyl (C=O) groups excluding carboxylic acids is 1. The Bertz CT molecular complexity index is 688. The maximum absolute atomic E-state index is 12.1. The number of thioether (sulfide) groups is 1. The average molecular weight is 319 g/mol. The number of methoxy groups -OCH3 is 1. The summed E-state index contributed by atoms with van der Waals surface area (Å²) in [5.41, 5.74) is 0.715. The summed E-state index contributed by atoms with van der Waals surface area (Å²) < 4.78 is 4.94. The highest BCUT2D eigenvalue weighted by atomic mass is 32.2. The van der Waals surface area contributed by atoms with Crippen LogP contribution in [-0.4, -0.2) is 28.2 Å². The molecule has 2 rings (SSSR count). The molecule has 0 saturated carbocycles. The van der Waals surface area contributed by atoms with E-state index in [0.29, 0.717) is 11.7 Å². The number of nitrogens with zero attached hydrogens (tertiary/aromatic N) is 1. The summed E-state index contributed by atoms with van der Waals surface area (Å²) in [5.74, 6) is 0.0995. The Balaban J connectivity index is 1.94. The first-order chi connectivity index (χ1) is 10.6. The zero-order valence-electron chi connectivity index (χ0n) is 12.3. The van der Waals surface area contributed by atoms with Gasteiger partial charge < -0.3 is 15.0 Å². The number of hydrogen-bond acceptors (Lipinski definition) is 5. The molecule has 0 aliphatic rings. The van der Waals surface area contributed by atoms with Gasteiger partial charge in [0.2, 0.25) is 11.8 Å². The monoisotopic (exact) mass is 319 g/mol. The zero-order chi connectivity index (χ0) is 15.9. The van der Waals surface area contributed by atoms with Gasteiger partial charge in [-0.3, -0.25) is 9.59 Å². The predicted molar refractivity (Wildman–Crippen MR) is 85.0 cm³/mol. The third-order valence-electron chi connectivity index (χ3n) is 2.87. The Hall–Kier alpha value is -2.28. The van der Waals surface area contributed by atoms with Crippen LogP contribution in [0.4, 0.5) is 0 Å². The Morgan fingerprint density at radius 1 is 1.41 bits per heavy atom. The molecule has 0 saturated heterocycles. The van der Waals surface area contributed by atoms with E-state index in [1.807, 2.05) is 30.3 Å². The van der Waals surface area contributed by atoms with E-state index in [1.165, 1.54) is 24.9 Å². The average Bonchev–Trinajstić information content (AvgIpc) is 2.52. The van der Waals surface area contributed by atoms with Crippen LogP contribution in [0, 0.1) is 0 Å². The number of ether oxygens (including phenoxy) is 1. The van der Waals surface area contributed by atoms with Gasteiger partial charge >= 0.3 is 0 Å². The molecule has 7 heteroatoms. The number of aromatic amines is 1. The van der Waals surface area contributed by atoms with Gasteiger partial charge in [0.25, 0.3) is 5.56 Å². The highest BCUT2D eigenvalue weighted by Crippen LogP contribution is 2.19. The lowest BCUT2D eigenvalue weighted by Gasteiger charge is -2.11. The molecule has 6 nitrogen and oxygen atoms in total. The van der Waals surface area contributed by atoms with Gasteiger partial charge in [0.05, 0.1) is 18.4 Å². The first kappa shape index (κ1) is 16.1. The summed E-state index contributed by atoms with van der Waals surface area (Å²) >= 11 is 1.17. The summed E-state index contributed by atoms with van der Waals surface area (Å²) in [6.45, 7) is 2.22. The van der Waals surface area contributed by atoms with Crippen molar-refractivity contribution < 1.29 is 9.53 Å². The maximum atomic E-state index is 12.1. The zero-order valence-corrected chi connectivity index (χ0v) is 13.1. The minimum atomic E-state index is -0.390. The minimum absolute atomic E-state index is 0.126. The maximum Gasteiger partial charge on any atom is 0.255 e. The van der Waals surface area contributed by atoms with E-state index < -0.39 is 0 Å². The standard InChI is InChI=1S/C15H17N3O3S/c1-10(14(20)16-9-11-6-4-3-5-7-11)22-15-17-12(19)8-13(18-15)21-2/h3-8,10H,9H2,1-2H3,(H,16,20)(H,17,18,19)/t10-/m0/s1. The topological polar surface area (TPSA) is 84.1 Å². The number of hydrogen-bond donors (Lipinski definition) is 2. The lowest BCUT2D eigenvalue weighted by molar-refractivity contribution is -0.120. The largest absolute Gasteiger partial charge is 0.481 e. The van der Waals surface area contributed by atoms with Gasteiger partial charge in [-0.1, -0.05) is 42.1 Å². The van der Waals surface area contributed by atoms with Gasteiger partial charge in [0, 0.05) is 6.54 Å². The van der Waals surface area contributed by atoms with Crippen LogP contribution < -0.4 is 15.6 Å². The van der Waals surface area contributed by atoms with Crippen LogP contribution in [0.3, 0.4) is 0 Å². The number of benzene rings is 1. The molecule has 1 amide bonds. The number of carbonyl (C=O) groups is 1. The number of aromatic nitrogens is 2. The number of rotatable bonds is 6. The smallest absolute Gasteiger partial charge is 0.255 e. The number of nitrogens with one attached hydrogen (secondary N) is 2. The predicted octanol–water partition coefficient (Wildman–Crippen LogP) is 1.58. The van der Waals surface area contributed by atoms with Crippen molar-refractivity contribution in [3.63, 3.8) is 0 Å². The number of H-pyrrole nitrogens is 1. The van der Waals surface area contributed by atoms with Crippen LogP contribution in [0.2, 0.25) is 0 Å². The Kier molecular flexibility index (Phi) is 5.60. The third kappa shape index (κ3) is 4.63. The lowest BCUT2D eigenvalue weighted by Crippen LogP contribution is -2.30. The van der Waals surface area contributed by atoms with Crippen LogP contribution in [0.25, 0.3) is 0 Å². The van der Waals surface area contributed by atoms with E-state index in [-0.39, 0.29) is 22.6 Å². The highest BCUT2D eigenvalue weighted by Gasteiger charge is 2.16. The molecule has 0 fully saturated rings. The van der Waals surface area contributed by atoms with Crippen molar-refractivity contribution in [3.05, 3.63) is 52.3 Å². The molecule has 0 radical (unpaired) electrons. The van der Waals surface area contributed by atoms with E-state index in [9.17, 15) is 9.59 Å². The van der Waals surface area contributed by atoms with Crippen molar-refractivity contribution in [3.8, 4) is 5.88 Å². The third-order valence-corrected chi connectivity index (χ3v) is 3.86. The Morgan fingerprint density at radius 3 is 2.82 bits per heavy atom. The van der Waals surface area contributed by atoms with Gasteiger partial charge in [0.15, 0.2) is 5.16 Å². The SMILES string of the molecule is COc1cc(=O)[nH]c(S[C@@H](C)C(=O)NCc2ccccc2)n1. The molecule has 1 aromatic heterocycles. The van der Waals surface area contributed by atoms with Gasteiger partial charge in [-0.25, -0.2) is 0 Å². The van der Waals surface area contributed by atoms with Crippen LogP contribution in [0.5, 0.6) is 5.88 Å². The molecule has 1 atom stereocenters.